The number of carbonyl (C=O) groups is 1. The normalized spacial score (nSPS) is 22.5. The maximum Gasteiger partial charge on any atom is 0.323 e. The number of hydrogen-bond acceptors (Lipinski definition) is 3. The maximum absolute atomic E-state index is 11.5. The second-order valence-electron chi connectivity index (χ2n) is 5.74. The lowest BCUT2D eigenvalue weighted by Crippen LogP contribution is -2.47. The van der Waals surface area contributed by atoms with Crippen LogP contribution in [0.15, 0.2) is 43.0 Å². The molecule has 1 unspecified atom stereocenters. The van der Waals surface area contributed by atoms with Crippen molar-refractivity contribution < 1.29 is 9.90 Å². The van der Waals surface area contributed by atoms with E-state index in [0.29, 0.717) is 6.54 Å². The average Bonchev–Trinajstić information content (AvgIpc) is 3.11. The van der Waals surface area contributed by atoms with Crippen LogP contribution in [0.4, 0.5) is 0 Å². The molecule has 2 heterocycles. The van der Waals surface area contributed by atoms with Gasteiger partial charge in [-0.2, -0.15) is 0 Å². The highest BCUT2D eigenvalue weighted by Crippen LogP contribution is 2.30. The van der Waals surface area contributed by atoms with Gasteiger partial charge >= 0.3 is 5.97 Å². The van der Waals surface area contributed by atoms with E-state index in [1.54, 1.807) is 12.5 Å². The zero-order valence-corrected chi connectivity index (χ0v) is 12.1. The van der Waals surface area contributed by atoms with Crippen LogP contribution in [0.1, 0.15) is 25.3 Å². The fourth-order valence-electron chi connectivity index (χ4n) is 2.92. The minimum atomic E-state index is -0.733. The van der Waals surface area contributed by atoms with Crippen molar-refractivity contribution >= 4 is 5.97 Å². The summed E-state index contributed by atoms with van der Waals surface area (Å²) in [5.74, 6) is -0.727. The maximum atomic E-state index is 11.5. The number of carboxylic acid groups (broad SMARTS) is 1. The smallest absolute Gasteiger partial charge is 0.323 e. The molecule has 110 valence electrons. The highest BCUT2D eigenvalue weighted by atomic mass is 16.4. The van der Waals surface area contributed by atoms with E-state index in [-0.39, 0.29) is 0 Å². The van der Waals surface area contributed by atoms with Gasteiger partial charge in [0.25, 0.3) is 0 Å². The molecule has 1 aromatic carbocycles. The second kappa shape index (κ2) is 5.33. The van der Waals surface area contributed by atoms with Crippen LogP contribution >= 0.6 is 0 Å². The molecular weight excluding hydrogens is 266 g/mol. The quantitative estimate of drug-likeness (QED) is 0.936. The number of imidazole rings is 1. The van der Waals surface area contributed by atoms with Crippen LogP contribution in [0.3, 0.4) is 0 Å². The molecular formula is C16H19N3O2. The van der Waals surface area contributed by atoms with Gasteiger partial charge in [-0.1, -0.05) is 12.1 Å². The Morgan fingerprint density at radius 2 is 2.14 bits per heavy atom. The Kier molecular flexibility index (Phi) is 3.51. The summed E-state index contributed by atoms with van der Waals surface area (Å²) in [5, 5.41) is 9.44. The number of benzene rings is 1. The average molecular weight is 285 g/mol. The van der Waals surface area contributed by atoms with E-state index in [2.05, 4.69) is 22.0 Å². The van der Waals surface area contributed by atoms with Crippen molar-refractivity contribution in [2.24, 2.45) is 0 Å². The summed E-state index contributed by atoms with van der Waals surface area (Å²) in [4.78, 5) is 17.6. The molecule has 1 N–H and O–H groups in total. The van der Waals surface area contributed by atoms with E-state index < -0.39 is 11.5 Å². The Morgan fingerprint density at radius 1 is 1.38 bits per heavy atom. The van der Waals surface area contributed by atoms with E-state index in [1.807, 2.05) is 29.8 Å². The van der Waals surface area contributed by atoms with Crippen molar-refractivity contribution in [1.29, 1.82) is 0 Å². The molecule has 0 saturated carbocycles. The van der Waals surface area contributed by atoms with Crippen molar-refractivity contribution in [2.75, 3.05) is 6.54 Å². The van der Waals surface area contributed by atoms with Crippen LogP contribution in [0.5, 0.6) is 0 Å². The first-order valence-corrected chi connectivity index (χ1v) is 7.15. The topological polar surface area (TPSA) is 58.4 Å². The molecule has 0 spiro atoms. The standard InChI is InChI=1S/C16H19N3O2/c1-16(15(20)21)7-2-9-19(16)11-13-3-5-14(6-4-13)18-10-8-17-12-18/h3-6,8,10,12H,2,7,9,11H2,1H3,(H,20,21). The molecule has 5 nitrogen and oxygen atoms in total. The number of likely N-dealkylation sites (tertiary alicyclic amines) is 1. The van der Waals surface area contributed by atoms with Gasteiger partial charge in [0, 0.05) is 24.6 Å². The molecule has 0 amide bonds. The zero-order chi connectivity index (χ0) is 14.9. The summed E-state index contributed by atoms with van der Waals surface area (Å²) in [7, 11) is 0. The van der Waals surface area contributed by atoms with Crippen LogP contribution in [-0.4, -0.2) is 37.6 Å². The van der Waals surface area contributed by atoms with Crippen molar-refractivity contribution in [1.82, 2.24) is 14.5 Å². The number of aromatic nitrogens is 2. The minimum absolute atomic E-state index is 0.674. The molecule has 1 aromatic heterocycles. The lowest BCUT2D eigenvalue weighted by molar-refractivity contribution is -0.148. The molecule has 0 bridgehead atoms. The van der Waals surface area contributed by atoms with Crippen molar-refractivity contribution in [3.63, 3.8) is 0 Å². The van der Waals surface area contributed by atoms with Gasteiger partial charge in [-0.15, -0.1) is 0 Å². The minimum Gasteiger partial charge on any atom is -0.480 e. The molecule has 2 aromatic rings. The summed E-state index contributed by atoms with van der Waals surface area (Å²) in [6, 6.07) is 8.17. The van der Waals surface area contributed by atoms with Gasteiger partial charge in [-0.25, -0.2) is 4.98 Å². The first kappa shape index (κ1) is 13.8. The van der Waals surface area contributed by atoms with Gasteiger partial charge < -0.3 is 9.67 Å². The Balaban J connectivity index is 1.75. The fraction of sp³-hybridized carbons (Fsp3) is 0.375. The highest BCUT2D eigenvalue weighted by Gasteiger charge is 2.42. The third-order valence-electron chi connectivity index (χ3n) is 4.36. The Morgan fingerprint density at radius 3 is 2.76 bits per heavy atom. The van der Waals surface area contributed by atoms with Crippen molar-refractivity contribution in [2.45, 2.75) is 31.8 Å². The molecule has 1 fully saturated rings. The van der Waals surface area contributed by atoms with Gasteiger partial charge in [0.05, 0.1) is 6.33 Å². The molecule has 21 heavy (non-hydrogen) atoms. The van der Waals surface area contributed by atoms with Crippen LogP contribution in [0.2, 0.25) is 0 Å². The first-order chi connectivity index (χ1) is 10.1. The first-order valence-electron chi connectivity index (χ1n) is 7.15. The lowest BCUT2D eigenvalue weighted by atomic mass is 9.99. The number of nitrogens with zero attached hydrogens (tertiary/aromatic N) is 3. The van der Waals surface area contributed by atoms with E-state index in [1.165, 1.54) is 0 Å². The van der Waals surface area contributed by atoms with Crippen molar-refractivity contribution in [3.05, 3.63) is 48.5 Å². The highest BCUT2D eigenvalue weighted by molar-refractivity contribution is 5.78. The van der Waals surface area contributed by atoms with Crippen LogP contribution < -0.4 is 0 Å². The largest absolute Gasteiger partial charge is 0.480 e. The molecule has 1 atom stereocenters. The summed E-state index contributed by atoms with van der Waals surface area (Å²) in [5.41, 5.74) is 1.45. The number of carboxylic acids is 1. The van der Waals surface area contributed by atoms with E-state index in [9.17, 15) is 9.90 Å². The predicted molar refractivity (Wildman–Crippen MR) is 79.2 cm³/mol. The van der Waals surface area contributed by atoms with E-state index in [0.717, 1.165) is 30.6 Å². The molecule has 0 radical (unpaired) electrons. The Hall–Kier alpha value is -2.14. The van der Waals surface area contributed by atoms with Gasteiger partial charge in [-0.05, 0) is 44.0 Å². The zero-order valence-electron chi connectivity index (χ0n) is 12.1. The second-order valence-corrected chi connectivity index (χ2v) is 5.74. The SMILES string of the molecule is CC1(C(=O)O)CCCN1Cc1ccc(-n2ccnc2)cc1. The van der Waals surface area contributed by atoms with Crippen LogP contribution in [-0.2, 0) is 11.3 Å². The number of aliphatic carboxylic acids is 1. The molecule has 5 heteroatoms. The van der Waals surface area contributed by atoms with Gasteiger partial charge in [0.15, 0.2) is 0 Å². The van der Waals surface area contributed by atoms with Gasteiger partial charge in [0.2, 0.25) is 0 Å². The Bertz CT molecular complexity index is 621. The summed E-state index contributed by atoms with van der Waals surface area (Å²) < 4.78 is 1.95. The molecule has 1 aliphatic rings. The van der Waals surface area contributed by atoms with Crippen LogP contribution in [0, 0.1) is 0 Å². The molecule has 1 saturated heterocycles. The number of rotatable bonds is 4. The van der Waals surface area contributed by atoms with Gasteiger partial charge in [-0.3, -0.25) is 9.69 Å². The molecule has 0 aliphatic carbocycles. The van der Waals surface area contributed by atoms with E-state index in [4.69, 9.17) is 0 Å². The monoisotopic (exact) mass is 285 g/mol. The fourth-order valence-corrected chi connectivity index (χ4v) is 2.92. The van der Waals surface area contributed by atoms with Crippen molar-refractivity contribution in [3.8, 4) is 5.69 Å². The van der Waals surface area contributed by atoms with Crippen LogP contribution in [0.25, 0.3) is 5.69 Å². The predicted octanol–water partition coefficient (Wildman–Crippen LogP) is 2.31. The lowest BCUT2D eigenvalue weighted by Gasteiger charge is -2.31. The Labute approximate surface area is 123 Å². The summed E-state index contributed by atoms with van der Waals surface area (Å²) in [6.45, 7) is 3.33. The third-order valence-corrected chi connectivity index (χ3v) is 4.36. The summed E-state index contributed by atoms with van der Waals surface area (Å²) >= 11 is 0. The third kappa shape index (κ3) is 2.56. The summed E-state index contributed by atoms with van der Waals surface area (Å²) in [6.07, 6.45) is 7.07. The van der Waals surface area contributed by atoms with Gasteiger partial charge in [0.1, 0.15) is 5.54 Å². The molecule has 3 rings (SSSR count). The molecule has 1 aliphatic heterocycles. The van der Waals surface area contributed by atoms with E-state index >= 15 is 0 Å². The number of hydrogen-bond donors (Lipinski definition) is 1.